The van der Waals surface area contributed by atoms with E-state index in [0.29, 0.717) is 11.4 Å². The van der Waals surface area contributed by atoms with E-state index in [9.17, 15) is 8.42 Å². The van der Waals surface area contributed by atoms with Gasteiger partial charge in [-0.1, -0.05) is 18.2 Å². The molecule has 1 aromatic carbocycles. The van der Waals surface area contributed by atoms with Gasteiger partial charge in [-0.25, -0.2) is 18.1 Å². The molecule has 1 saturated heterocycles. The molecule has 2 fully saturated rings. The van der Waals surface area contributed by atoms with Crippen LogP contribution in [0.3, 0.4) is 0 Å². The van der Waals surface area contributed by atoms with Crippen molar-refractivity contribution >= 4 is 21.8 Å². The topological polar surface area (TPSA) is 89.9 Å². The Kier molecular flexibility index (Phi) is 6.19. The molecule has 1 aliphatic heterocycles. The van der Waals surface area contributed by atoms with Crippen LogP contribution < -0.4 is 14.9 Å². The Balaban J connectivity index is 1.29. The molecule has 2 heterocycles. The van der Waals surface area contributed by atoms with E-state index in [1.54, 1.807) is 19.2 Å². The second-order valence-electron chi connectivity index (χ2n) is 7.60. The molecule has 9 heteroatoms. The fraction of sp³-hybridized carbons (Fsp3) is 0.429. The van der Waals surface area contributed by atoms with Crippen LogP contribution in [-0.2, 0) is 16.6 Å². The first-order valence-electron chi connectivity index (χ1n) is 10.3. The van der Waals surface area contributed by atoms with Gasteiger partial charge >= 0.3 is 0 Å². The zero-order valence-corrected chi connectivity index (χ0v) is 18.0. The van der Waals surface area contributed by atoms with Crippen LogP contribution in [0.2, 0.25) is 0 Å². The highest BCUT2D eigenvalue weighted by atomic mass is 32.2. The van der Waals surface area contributed by atoms with Gasteiger partial charge in [0.05, 0.1) is 4.90 Å². The molecule has 4 rings (SSSR count). The molecule has 0 radical (unpaired) electrons. The van der Waals surface area contributed by atoms with Crippen LogP contribution in [-0.4, -0.2) is 63.5 Å². The molecule has 1 saturated carbocycles. The summed E-state index contributed by atoms with van der Waals surface area (Å²) in [6.45, 7) is 4.08. The van der Waals surface area contributed by atoms with Crippen molar-refractivity contribution in [2.75, 3.05) is 38.1 Å². The highest BCUT2D eigenvalue weighted by Crippen LogP contribution is 2.22. The number of aliphatic imine (C=N–C) groups is 1. The number of anilines is 1. The molecule has 0 spiro atoms. The van der Waals surface area contributed by atoms with Gasteiger partial charge in [-0.3, -0.25) is 4.99 Å². The predicted octanol–water partition coefficient (Wildman–Crippen LogP) is 1.42. The Labute approximate surface area is 178 Å². The quantitative estimate of drug-likeness (QED) is 0.534. The van der Waals surface area contributed by atoms with E-state index in [0.717, 1.165) is 56.4 Å². The van der Waals surface area contributed by atoms with Gasteiger partial charge in [0.2, 0.25) is 10.0 Å². The van der Waals surface area contributed by atoms with Crippen molar-refractivity contribution < 1.29 is 8.42 Å². The normalized spacial score (nSPS) is 17.8. The van der Waals surface area contributed by atoms with Gasteiger partial charge in [0.1, 0.15) is 5.82 Å². The Bertz CT molecular complexity index is 966. The Morgan fingerprint density at radius 3 is 2.43 bits per heavy atom. The summed E-state index contributed by atoms with van der Waals surface area (Å²) in [5.74, 6) is 1.86. The van der Waals surface area contributed by atoms with Crippen LogP contribution in [0.25, 0.3) is 0 Å². The second-order valence-corrected chi connectivity index (χ2v) is 9.32. The summed E-state index contributed by atoms with van der Waals surface area (Å²) >= 11 is 0. The van der Waals surface area contributed by atoms with E-state index in [2.05, 4.69) is 29.8 Å². The van der Waals surface area contributed by atoms with E-state index in [1.165, 1.54) is 0 Å². The molecular weight excluding hydrogens is 400 g/mol. The number of hydrogen-bond acceptors (Lipinski definition) is 5. The van der Waals surface area contributed by atoms with Gasteiger partial charge in [-0.05, 0) is 42.7 Å². The summed E-state index contributed by atoms with van der Waals surface area (Å²) < 4.78 is 27.3. The third-order valence-corrected chi connectivity index (χ3v) is 6.88. The summed E-state index contributed by atoms with van der Waals surface area (Å²) in [5, 5.41) is 3.39. The van der Waals surface area contributed by atoms with Crippen LogP contribution in [0.5, 0.6) is 0 Å². The first-order chi connectivity index (χ1) is 14.5. The summed E-state index contributed by atoms with van der Waals surface area (Å²) in [7, 11) is -1.62. The second kappa shape index (κ2) is 9.01. The van der Waals surface area contributed by atoms with Gasteiger partial charge in [-0.15, -0.1) is 0 Å². The third kappa shape index (κ3) is 5.09. The average molecular weight is 429 g/mol. The monoisotopic (exact) mass is 428 g/mol. The first kappa shape index (κ1) is 20.6. The Morgan fingerprint density at radius 1 is 1.10 bits per heavy atom. The zero-order chi connectivity index (χ0) is 21.0. The van der Waals surface area contributed by atoms with Crippen LogP contribution in [0.1, 0.15) is 18.4 Å². The third-order valence-electron chi connectivity index (χ3n) is 5.35. The maximum Gasteiger partial charge on any atom is 0.240 e. The molecule has 8 nitrogen and oxygen atoms in total. The molecule has 2 N–H and O–H groups in total. The molecule has 0 atom stereocenters. The van der Waals surface area contributed by atoms with E-state index in [4.69, 9.17) is 0 Å². The average Bonchev–Trinajstić information content (AvgIpc) is 3.59. The molecule has 2 aromatic rings. The molecule has 1 aliphatic carbocycles. The van der Waals surface area contributed by atoms with Crippen molar-refractivity contribution in [3.05, 3.63) is 54.2 Å². The summed E-state index contributed by atoms with van der Waals surface area (Å²) in [6, 6.07) is 13.1. The predicted molar refractivity (Wildman–Crippen MR) is 118 cm³/mol. The van der Waals surface area contributed by atoms with Crippen molar-refractivity contribution in [1.29, 1.82) is 0 Å². The lowest BCUT2D eigenvalue weighted by Crippen LogP contribution is -2.52. The standard InChI is InChI=1S/C21H28N6O2S/c1-22-21(27-14-12-26(13-15-27)20-4-2-3-11-23-20)24-16-17-5-9-19(10-6-17)30(28,29)25-18-7-8-18/h2-6,9-11,18,25H,7-8,12-16H2,1H3,(H,22,24). The highest BCUT2D eigenvalue weighted by Gasteiger charge is 2.27. The van der Waals surface area contributed by atoms with Gasteiger partial charge < -0.3 is 15.1 Å². The van der Waals surface area contributed by atoms with Crippen molar-refractivity contribution in [3.8, 4) is 0 Å². The maximum atomic E-state index is 12.3. The molecule has 0 amide bonds. The van der Waals surface area contributed by atoms with Gasteiger partial charge in [-0.2, -0.15) is 0 Å². The van der Waals surface area contributed by atoms with Crippen LogP contribution in [0.15, 0.2) is 58.5 Å². The van der Waals surface area contributed by atoms with Crippen molar-refractivity contribution in [2.24, 2.45) is 4.99 Å². The fourth-order valence-corrected chi connectivity index (χ4v) is 4.78. The number of benzene rings is 1. The van der Waals surface area contributed by atoms with Crippen molar-refractivity contribution in [3.63, 3.8) is 0 Å². The van der Waals surface area contributed by atoms with E-state index >= 15 is 0 Å². The lowest BCUT2D eigenvalue weighted by Gasteiger charge is -2.37. The smallest absolute Gasteiger partial charge is 0.240 e. The lowest BCUT2D eigenvalue weighted by atomic mass is 10.2. The Hall–Kier alpha value is -2.65. The zero-order valence-electron chi connectivity index (χ0n) is 17.2. The molecule has 0 unspecified atom stereocenters. The molecule has 160 valence electrons. The first-order valence-corrected chi connectivity index (χ1v) is 11.8. The number of hydrogen-bond donors (Lipinski definition) is 2. The van der Waals surface area contributed by atoms with Crippen LogP contribution >= 0.6 is 0 Å². The number of nitrogens with zero attached hydrogens (tertiary/aromatic N) is 4. The number of aromatic nitrogens is 1. The highest BCUT2D eigenvalue weighted by molar-refractivity contribution is 7.89. The van der Waals surface area contributed by atoms with Crippen LogP contribution in [0.4, 0.5) is 5.82 Å². The number of rotatable bonds is 6. The molecule has 2 aliphatic rings. The van der Waals surface area contributed by atoms with Gasteiger partial charge in [0.15, 0.2) is 5.96 Å². The fourth-order valence-electron chi connectivity index (χ4n) is 3.48. The Morgan fingerprint density at radius 2 is 1.83 bits per heavy atom. The van der Waals surface area contributed by atoms with E-state index < -0.39 is 10.0 Å². The SMILES string of the molecule is CN=C(NCc1ccc(S(=O)(=O)NC2CC2)cc1)N1CCN(c2ccccn2)CC1. The molecular formula is C21H28N6O2S. The van der Waals surface area contributed by atoms with Gasteiger partial charge in [0.25, 0.3) is 0 Å². The minimum Gasteiger partial charge on any atom is -0.353 e. The lowest BCUT2D eigenvalue weighted by molar-refractivity contribution is 0.371. The summed E-state index contributed by atoms with van der Waals surface area (Å²) in [5.41, 5.74) is 1.01. The van der Waals surface area contributed by atoms with Crippen LogP contribution in [0, 0.1) is 0 Å². The number of nitrogens with one attached hydrogen (secondary N) is 2. The van der Waals surface area contributed by atoms with Crippen molar-refractivity contribution in [1.82, 2.24) is 19.9 Å². The largest absolute Gasteiger partial charge is 0.353 e. The molecule has 0 bridgehead atoms. The number of sulfonamides is 1. The maximum absolute atomic E-state index is 12.3. The summed E-state index contributed by atoms with van der Waals surface area (Å²) in [4.78, 5) is 13.7. The van der Waals surface area contributed by atoms with Crippen molar-refractivity contribution in [2.45, 2.75) is 30.3 Å². The number of piperazine rings is 1. The van der Waals surface area contributed by atoms with Gasteiger partial charge in [0, 0.05) is 52.0 Å². The summed E-state index contributed by atoms with van der Waals surface area (Å²) in [6.07, 6.45) is 3.67. The minimum atomic E-state index is -3.41. The molecule has 1 aromatic heterocycles. The van der Waals surface area contributed by atoms with E-state index in [-0.39, 0.29) is 6.04 Å². The van der Waals surface area contributed by atoms with E-state index in [1.807, 2.05) is 36.5 Å². The molecule has 30 heavy (non-hydrogen) atoms. The number of guanidine groups is 1. The number of pyridine rings is 1. The minimum absolute atomic E-state index is 0.109.